The van der Waals surface area contributed by atoms with Crippen molar-refractivity contribution >= 4 is 0 Å². The Kier molecular flexibility index (Phi) is 4.94. The zero-order valence-electron chi connectivity index (χ0n) is 10.3. The molecule has 1 aliphatic rings. The Morgan fingerprint density at radius 3 is 2.21 bits per heavy atom. The SMILES string of the molecule is CC(C)CCC(C)NCC(C)C1CC1. The van der Waals surface area contributed by atoms with Crippen LogP contribution in [0.15, 0.2) is 0 Å². The molecule has 1 saturated carbocycles. The predicted molar refractivity (Wildman–Crippen MR) is 63.4 cm³/mol. The van der Waals surface area contributed by atoms with E-state index < -0.39 is 0 Å². The van der Waals surface area contributed by atoms with Crippen LogP contribution in [-0.4, -0.2) is 12.6 Å². The number of hydrogen-bond donors (Lipinski definition) is 1. The third-order valence-corrected chi connectivity index (χ3v) is 3.39. The number of hydrogen-bond acceptors (Lipinski definition) is 1. The second-order valence-electron chi connectivity index (χ2n) is 5.60. The van der Waals surface area contributed by atoms with Crippen LogP contribution in [0.4, 0.5) is 0 Å². The molecule has 1 rings (SSSR count). The van der Waals surface area contributed by atoms with E-state index in [0.717, 1.165) is 17.8 Å². The van der Waals surface area contributed by atoms with Gasteiger partial charge in [0, 0.05) is 6.04 Å². The average Bonchev–Trinajstić information content (AvgIpc) is 2.93. The third kappa shape index (κ3) is 4.99. The van der Waals surface area contributed by atoms with Crippen molar-refractivity contribution in [1.29, 1.82) is 0 Å². The summed E-state index contributed by atoms with van der Waals surface area (Å²) in [7, 11) is 0. The smallest absolute Gasteiger partial charge is 0.00389 e. The molecule has 2 atom stereocenters. The van der Waals surface area contributed by atoms with Gasteiger partial charge in [-0.1, -0.05) is 20.8 Å². The number of rotatable bonds is 7. The molecule has 1 nitrogen and oxygen atoms in total. The van der Waals surface area contributed by atoms with E-state index in [1.54, 1.807) is 0 Å². The number of nitrogens with one attached hydrogen (secondary N) is 1. The fourth-order valence-corrected chi connectivity index (χ4v) is 1.90. The van der Waals surface area contributed by atoms with E-state index >= 15 is 0 Å². The van der Waals surface area contributed by atoms with Crippen LogP contribution >= 0.6 is 0 Å². The molecule has 0 aromatic carbocycles. The highest BCUT2D eigenvalue weighted by molar-refractivity contribution is 4.80. The molecule has 1 N–H and O–H groups in total. The molecule has 0 spiro atoms. The average molecular weight is 197 g/mol. The third-order valence-electron chi connectivity index (χ3n) is 3.39. The van der Waals surface area contributed by atoms with Crippen molar-refractivity contribution in [3.8, 4) is 0 Å². The van der Waals surface area contributed by atoms with Crippen molar-refractivity contribution in [2.24, 2.45) is 17.8 Å². The van der Waals surface area contributed by atoms with E-state index in [1.807, 2.05) is 0 Å². The van der Waals surface area contributed by atoms with Crippen LogP contribution in [0.2, 0.25) is 0 Å². The molecule has 2 unspecified atom stereocenters. The minimum Gasteiger partial charge on any atom is -0.314 e. The normalized spacial score (nSPS) is 21.2. The highest BCUT2D eigenvalue weighted by atomic mass is 14.9. The van der Waals surface area contributed by atoms with Gasteiger partial charge in [0.25, 0.3) is 0 Å². The Hall–Kier alpha value is -0.0400. The lowest BCUT2D eigenvalue weighted by Gasteiger charge is -2.18. The van der Waals surface area contributed by atoms with Gasteiger partial charge in [0.1, 0.15) is 0 Å². The van der Waals surface area contributed by atoms with Gasteiger partial charge in [-0.3, -0.25) is 0 Å². The second-order valence-corrected chi connectivity index (χ2v) is 5.60. The Bertz CT molecular complexity index is 149. The van der Waals surface area contributed by atoms with Crippen molar-refractivity contribution < 1.29 is 0 Å². The van der Waals surface area contributed by atoms with Crippen molar-refractivity contribution in [3.05, 3.63) is 0 Å². The summed E-state index contributed by atoms with van der Waals surface area (Å²) in [6.45, 7) is 10.5. The Balaban J connectivity index is 1.98. The Morgan fingerprint density at radius 2 is 1.71 bits per heavy atom. The molecular weight excluding hydrogens is 170 g/mol. The van der Waals surface area contributed by atoms with E-state index in [-0.39, 0.29) is 0 Å². The summed E-state index contributed by atoms with van der Waals surface area (Å²) < 4.78 is 0. The first-order valence-electron chi connectivity index (χ1n) is 6.33. The van der Waals surface area contributed by atoms with Crippen molar-refractivity contribution in [1.82, 2.24) is 5.32 Å². The Morgan fingerprint density at radius 1 is 1.07 bits per heavy atom. The summed E-state index contributed by atoms with van der Waals surface area (Å²) in [5.74, 6) is 2.79. The largest absolute Gasteiger partial charge is 0.314 e. The maximum Gasteiger partial charge on any atom is 0.00389 e. The second kappa shape index (κ2) is 5.75. The first-order valence-corrected chi connectivity index (χ1v) is 6.33. The first-order chi connectivity index (χ1) is 6.59. The summed E-state index contributed by atoms with van der Waals surface area (Å²) in [5.41, 5.74) is 0. The molecule has 0 bridgehead atoms. The predicted octanol–water partition coefficient (Wildman–Crippen LogP) is 3.45. The first kappa shape index (κ1) is 12.0. The van der Waals surface area contributed by atoms with E-state index in [9.17, 15) is 0 Å². The molecule has 1 heteroatoms. The van der Waals surface area contributed by atoms with Crippen LogP contribution in [0, 0.1) is 17.8 Å². The monoisotopic (exact) mass is 197 g/mol. The van der Waals surface area contributed by atoms with E-state index in [1.165, 1.54) is 32.2 Å². The van der Waals surface area contributed by atoms with Gasteiger partial charge in [-0.15, -0.1) is 0 Å². The molecule has 14 heavy (non-hydrogen) atoms. The molecular formula is C13H27N. The summed E-state index contributed by atoms with van der Waals surface area (Å²) in [4.78, 5) is 0. The maximum atomic E-state index is 3.66. The molecule has 0 amide bonds. The van der Waals surface area contributed by atoms with Crippen molar-refractivity contribution in [2.75, 3.05) is 6.54 Å². The zero-order chi connectivity index (χ0) is 10.6. The fourth-order valence-electron chi connectivity index (χ4n) is 1.90. The standard InChI is InChI=1S/C13H27N/c1-10(2)5-6-12(4)14-9-11(3)13-7-8-13/h10-14H,5-9H2,1-4H3. The molecule has 0 heterocycles. The molecule has 0 aromatic rings. The van der Waals surface area contributed by atoms with Gasteiger partial charge < -0.3 is 5.32 Å². The Labute approximate surface area is 89.7 Å². The van der Waals surface area contributed by atoms with Gasteiger partial charge in [0.15, 0.2) is 0 Å². The highest BCUT2D eigenvalue weighted by Gasteiger charge is 2.27. The molecule has 0 radical (unpaired) electrons. The van der Waals surface area contributed by atoms with Gasteiger partial charge in [0.05, 0.1) is 0 Å². The van der Waals surface area contributed by atoms with Crippen LogP contribution in [0.25, 0.3) is 0 Å². The van der Waals surface area contributed by atoms with Gasteiger partial charge in [-0.2, -0.15) is 0 Å². The van der Waals surface area contributed by atoms with Crippen LogP contribution in [0.3, 0.4) is 0 Å². The van der Waals surface area contributed by atoms with Gasteiger partial charge in [-0.25, -0.2) is 0 Å². The highest BCUT2D eigenvalue weighted by Crippen LogP contribution is 2.36. The van der Waals surface area contributed by atoms with Crippen LogP contribution in [-0.2, 0) is 0 Å². The summed E-state index contributed by atoms with van der Waals surface area (Å²) in [5, 5.41) is 3.66. The van der Waals surface area contributed by atoms with Crippen molar-refractivity contribution in [2.45, 2.75) is 59.4 Å². The zero-order valence-corrected chi connectivity index (χ0v) is 10.3. The fraction of sp³-hybridized carbons (Fsp3) is 1.00. The van der Waals surface area contributed by atoms with Crippen molar-refractivity contribution in [3.63, 3.8) is 0 Å². The molecule has 0 saturated heterocycles. The minimum atomic E-state index is 0.707. The van der Waals surface area contributed by atoms with Crippen LogP contribution < -0.4 is 5.32 Å². The molecule has 1 aliphatic carbocycles. The lowest BCUT2D eigenvalue weighted by molar-refractivity contribution is 0.395. The van der Waals surface area contributed by atoms with E-state index in [4.69, 9.17) is 0 Å². The van der Waals surface area contributed by atoms with E-state index in [2.05, 4.69) is 33.0 Å². The van der Waals surface area contributed by atoms with Gasteiger partial charge in [-0.05, 0) is 56.9 Å². The van der Waals surface area contributed by atoms with Gasteiger partial charge >= 0.3 is 0 Å². The summed E-state index contributed by atoms with van der Waals surface area (Å²) >= 11 is 0. The van der Waals surface area contributed by atoms with Crippen LogP contribution in [0.1, 0.15) is 53.4 Å². The quantitative estimate of drug-likeness (QED) is 0.659. The molecule has 0 aromatic heterocycles. The summed E-state index contributed by atoms with van der Waals surface area (Å²) in [6, 6.07) is 0.707. The molecule has 1 fully saturated rings. The lowest BCUT2D eigenvalue weighted by Crippen LogP contribution is -2.31. The maximum absolute atomic E-state index is 3.66. The summed E-state index contributed by atoms with van der Waals surface area (Å²) in [6.07, 6.45) is 5.63. The lowest BCUT2D eigenvalue weighted by atomic mass is 10.0. The molecule has 84 valence electrons. The van der Waals surface area contributed by atoms with E-state index in [0.29, 0.717) is 6.04 Å². The van der Waals surface area contributed by atoms with Crippen LogP contribution in [0.5, 0.6) is 0 Å². The molecule has 0 aliphatic heterocycles. The minimum absolute atomic E-state index is 0.707. The van der Waals surface area contributed by atoms with Gasteiger partial charge in [0.2, 0.25) is 0 Å². The topological polar surface area (TPSA) is 12.0 Å².